The Balaban J connectivity index is 1.83. The molecular weight excluding hydrogens is 490 g/mol. The number of anilines is 2. The van der Waals surface area contributed by atoms with Crippen LogP contribution in [0.15, 0.2) is 48.5 Å². The number of nitrogens with one attached hydrogen (secondary N) is 1. The number of aryl methyl sites for hydroxylation is 1. The van der Waals surface area contributed by atoms with E-state index in [-0.39, 0.29) is 28.2 Å². The van der Waals surface area contributed by atoms with Crippen molar-refractivity contribution in [2.45, 2.75) is 51.6 Å². The number of ether oxygens (including phenoxy) is 1. The summed E-state index contributed by atoms with van der Waals surface area (Å²) in [5, 5.41) is 3.14. The number of amides is 3. The van der Waals surface area contributed by atoms with Gasteiger partial charge < -0.3 is 21.5 Å². The largest absolute Gasteiger partial charge is 0.494 e. The lowest BCUT2D eigenvalue weighted by atomic mass is 10.0. The Kier molecular flexibility index (Phi) is 8.08. The lowest BCUT2D eigenvalue weighted by Crippen LogP contribution is -2.46. The number of rotatable bonds is 9. The summed E-state index contributed by atoms with van der Waals surface area (Å²) < 4.78 is 9.57. The van der Waals surface area contributed by atoms with Crippen LogP contribution in [-0.2, 0) is 4.79 Å². The van der Waals surface area contributed by atoms with E-state index in [4.69, 9.17) is 16.2 Å². The Morgan fingerprint density at radius 2 is 1.76 bits per heavy atom. The zero-order valence-electron chi connectivity index (χ0n) is 20.9. The van der Waals surface area contributed by atoms with Crippen molar-refractivity contribution in [1.82, 2.24) is 9.69 Å². The van der Waals surface area contributed by atoms with E-state index in [0.29, 0.717) is 23.6 Å². The summed E-state index contributed by atoms with van der Waals surface area (Å²) in [4.78, 5) is 41.2. The number of nitrogen functional groups attached to an aromatic ring is 1. The minimum atomic E-state index is -1.01. The van der Waals surface area contributed by atoms with Gasteiger partial charge in [-0.05, 0) is 68.1 Å². The molecule has 1 atom stereocenters. The normalized spacial score (nSPS) is 14.2. The van der Waals surface area contributed by atoms with E-state index in [2.05, 4.69) is 9.69 Å². The lowest BCUT2D eigenvalue weighted by Gasteiger charge is -2.32. The molecule has 3 amide bonds. The van der Waals surface area contributed by atoms with E-state index in [0.717, 1.165) is 42.8 Å². The van der Waals surface area contributed by atoms with Crippen molar-refractivity contribution in [2.24, 2.45) is 5.73 Å². The zero-order chi connectivity index (χ0) is 26.5. The fourth-order valence-corrected chi connectivity index (χ4v) is 5.25. The van der Waals surface area contributed by atoms with Gasteiger partial charge in [0.1, 0.15) is 16.7 Å². The molecule has 0 radical (unpaired) electrons. The van der Waals surface area contributed by atoms with Crippen molar-refractivity contribution < 1.29 is 19.1 Å². The number of nitrogens with two attached hydrogens (primary N) is 2. The van der Waals surface area contributed by atoms with E-state index >= 15 is 0 Å². The monoisotopic (exact) mass is 521 g/mol. The maximum atomic E-state index is 14.1. The van der Waals surface area contributed by atoms with Gasteiger partial charge in [-0.1, -0.05) is 42.7 Å². The first-order valence-electron chi connectivity index (χ1n) is 12.3. The van der Waals surface area contributed by atoms with Gasteiger partial charge in [-0.25, -0.2) is 0 Å². The fourth-order valence-electron chi connectivity index (χ4n) is 4.51. The maximum Gasteiger partial charge on any atom is 0.273 e. The summed E-state index contributed by atoms with van der Waals surface area (Å²) in [7, 11) is 0. The van der Waals surface area contributed by atoms with Crippen LogP contribution >= 0.6 is 11.5 Å². The molecule has 0 spiro atoms. The van der Waals surface area contributed by atoms with Crippen LogP contribution in [0.4, 0.5) is 11.4 Å². The first-order valence-corrected chi connectivity index (χ1v) is 13.1. The topological polar surface area (TPSA) is 141 Å². The molecule has 3 aromatic rings. The van der Waals surface area contributed by atoms with E-state index in [1.54, 1.807) is 36.4 Å². The van der Waals surface area contributed by atoms with Crippen molar-refractivity contribution in [3.8, 4) is 5.75 Å². The molecule has 1 fully saturated rings. The fraction of sp³-hybridized carbons (Fsp3) is 0.333. The number of nitrogens with zero attached hydrogens (tertiary/aromatic N) is 2. The van der Waals surface area contributed by atoms with Gasteiger partial charge in [-0.3, -0.25) is 19.3 Å². The molecule has 37 heavy (non-hydrogen) atoms. The predicted octanol–water partition coefficient (Wildman–Crippen LogP) is 3.98. The van der Waals surface area contributed by atoms with Gasteiger partial charge in [0.2, 0.25) is 5.91 Å². The summed E-state index contributed by atoms with van der Waals surface area (Å²) in [5.74, 6) is -1.01. The highest BCUT2D eigenvalue weighted by Gasteiger charge is 2.37. The van der Waals surface area contributed by atoms with Gasteiger partial charge in [0, 0.05) is 11.7 Å². The highest BCUT2D eigenvalue weighted by atomic mass is 32.1. The molecule has 0 unspecified atom stereocenters. The van der Waals surface area contributed by atoms with Gasteiger partial charge in [-0.2, -0.15) is 4.37 Å². The van der Waals surface area contributed by atoms with E-state index in [1.165, 1.54) is 4.90 Å². The Bertz CT molecular complexity index is 1270. The first kappa shape index (κ1) is 26.2. The van der Waals surface area contributed by atoms with E-state index in [9.17, 15) is 14.4 Å². The molecule has 0 saturated heterocycles. The molecule has 0 bridgehead atoms. The third kappa shape index (κ3) is 5.75. The average molecular weight is 522 g/mol. The number of benzene rings is 2. The van der Waals surface area contributed by atoms with Crippen LogP contribution in [-0.4, -0.2) is 34.7 Å². The van der Waals surface area contributed by atoms with Crippen molar-refractivity contribution in [3.63, 3.8) is 0 Å². The quantitative estimate of drug-likeness (QED) is 0.389. The minimum absolute atomic E-state index is 0.0407. The van der Waals surface area contributed by atoms with Gasteiger partial charge >= 0.3 is 0 Å². The highest BCUT2D eigenvalue weighted by molar-refractivity contribution is 7.09. The van der Waals surface area contributed by atoms with Crippen LogP contribution in [0.1, 0.15) is 69.9 Å². The Hall–Kier alpha value is -3.92. The molecule has 9 nitrogen and oxygen atoms in total. The summed E-state index contributed by atoms with van der Waals surface area (Å²) in [5.41, 5.74) is 13.4. The minimum Gasteiger partial charge on any atom is -0.494 e. The van der Waals surface area contributed by atoms with Crippen LogP contribution in [0, 0.1) is 6.92 Å². The number of hydrogen-bond donors (Lipinski definition) is 3. The maximum absolute atomic E-state index is 14.1. The number of hydrogen-bond acceptors (Lipinski definition) is 7. The van der Waals surface area contributed by atoms with Crippen molar-refractivity contribution in [2.75, 3.05) is 17.2 Å². The van der Waals surface area contributed by atoms with Crippen molar-refractivity contribution in [3.05, 3.63) is 70.2 Å². The number of carbonyl (C=O) groups excluding carboxylic acids is 3. The van der Waals surface area contributed by atoms with E-state index in [1.807, 2.05) is 26.0 Å². The smallest absolute Gasteiger partial charge is 0.273 e. The molecular formula is C27H31N5O4S. The molecule has 194 valence electrons. The Morgan fingerprint density at radius 3 is 2.32 bits per heavy atom. The molecule has 1 aliphatic carbocycles. The predicted molar refractivity (Wildman–Crippen MR) is 144 cm³/mol. The molecule has 2 aromatic carbocycles. The molecule has 1 saturated carbocycles. The summed E-state index contributed by atoms with van der Waals surface area (Å²) in [6.45, 7) is 4.34. The number of carbonyl (C=O) groups is 3. The van der Waals surface area contributed by atoms with Gasteiger partial charge in [0.25, 0.3) is 11.8 Å². The second kappa shape index (κ2) is 11.4. The molecule has 4 rings (SSSR count). The Morgan fingerprint density at radius 1 is 1.11 bits per heavy atom. The second-order valence-corrected chi connectivity index (χ2v) is 9.82. The molecule has 1 aliphatic rings. The summed E-state index contributed by atoms with van der Waals surface area (Å²) in [6, 6.07) is 13.4. The van der Waals surface area contributed by atoms with Crippen LogP contribution < -0.4 is 26.4 Å². The standard InChI is InChI=1S/C27H31N5O4S/c1-3-36-20-14-10-17(11-15-20)23(26(34)30-18-6-4-5-7-18)32(19-12-8-16(2)9-13-19)27(35)24-21(28)22(25(29)33)31-37-24/h8-15,18,23H,3-7,28H2,1-2H3,(H2,29,33)(H,30,34)/t23-/m1/s1. The number of primary amides is 1. The summed E-state index contributed by atoms with van der Waals surface area (Å²) in [6.07, 6.45) is 3.88. The highest BCUT2D eigenvalue weighted by Crippen LogP contribution is 2.34. The van der Waals surface area contributed by atoms with Crippen molar-refractivity contribution in [1.29, 1.82) is 0 Å². The number of aromatic nitrogens is 1. The third-order valence-electron chi connectivity index (χ3n) is 6.40. The van der Waals surface area contributed by atoms with Gasteiger partial charge in [-0.15, -0.1) is 0 Å². The van der Waals surface area contributed by atoms with Gasteiger partial charge in [0.15, 0.2) is 5.69 Å². The Labute approximate surface area is 220 Å². The summed E-state index contributed by atoms with van der Waals surface area (Å²) >= 11 is 0.786. The second-order valence-electron chi connectivity index (χ2n) is 9.04. The van der Waals surface area contributed by atoms with Crippen LogP contribution in [0.5, 0.6) is 5.75 Å². The SMILES string of the molecule is CCOc1ccc([C@H](C(=O)NC2CCCC2)N(C(=O)c2snc(C(N)=O)c2N)c2ccc(C)cc2)cc1. The third-order valence-corrected chi connectivity index (χ3v) is 7.25. The van der Waals surface area contributed by atoms with Crippen LogP contribution in [0.25, 0.3) is 0 Å². The molecule has 1 heterocycles. The zero-order valence-corrected chi connectivity index (χ0v) is 21.7. The molecule has 0 aliphatic heterocycles. The molecule has 5 N–H and O–H groups in total. The van der Waals surface area contributed by atoms with Crippen molar-refractivity contribution >= 4 is 40.6 Å². The van der Waals surface area contributed by atoms with Gasteiger partial charge in [0.05, 0.1) is 12.3 Å². The van der Waals surface area contributed by atoms with Crippen LogP contribution in [0.3, 0.4) is 0 Å². The molecule has 1 aromatic heterocycles. The first-order chi connectivity index (χ1) is 17.8. The lowest BCUT2D eigenvalue weighted by molar-refractivity contribution is -0.123. The van der Waals surface area contributed by atoms with Crippen LogP contribution in [0.2, 0.25) is 0 Å². The van der Waals surface area contributed by atoms with E-state index < -0.39 is 17.9 Å². The molecule has 10 heteroatoms. The average Bonchev–Trinajstić information content (AvgIpc) is 3.53.